The second-order valence-electron chi connectivity index (χ2n) is 8.07. The summed E-state index contributed by atoms with van der Waals surface area (Å²) in [5.41, 5.74) is -3.10. The summed E-state index contributed by atoms with van der Waals surface area (Å²) in [5, 5.41) is 3.42. The maximum atomic E-state index is 13.8. The Balaban J connectivity index is 1.56. The minimum absolute atomic E-state index is 0.116. The molecule has 4 aromatic rings. The lowest BCUT2D eigenvalue weighted by atomic mass is 10.2. The van der Waals surface area contributed by atoms with Crippen LogP contribution in [0.3, 0.4) is 0 Å². The average molecular weight is 583 g/mol. The van der Waals surface area contributed by atoms with Crippen molar-refractivity contribution in [1.82, 2.24) is 4.57 Å². The van der Waals surface area contributed by atoms with Crippen molar-refractivity contribution < 1.29 is 22.1 Å². The molecule has 0 amide bonds. The Kier molecular flexibility index (Phi) is 7.27. The van der Waals surface area contributed by atoms with E-state index in [0.29, 0.717) is 16.6 Å². The first-order valence-electron chi connectivity index (χ1n) is 11.1. The Hall–Kier alpha value is -2.54. The minimum Gasteiger partial charge on any atom is -0.337 e. The van der Waals surface area contributed by atoms with Gasteiger partial charge in [-0.3, -0.25) is 9.36 Å². The van der Waals surface area contributed by atoms with Crippen molar-refractivity contribution in [3.05, 3.63) is 90.0 Å². The van der Waals surface area contributed by atoms with Gasteiger partial charge in [-0.05, 0) is 43.0 Å². The molecule has 1 aliphatic rings. The molecule has 0 N–H and O–H groups in total. The van der Waals surface area contributed by atoms with Crippen LogP contribution in [-0.4, -0.2) is 17.1 Å². The van der Waals surface area contributed by atoms with Crippen molar-refractivity contribution in [2.75, 3.05) is 11.9 Å². The summed E-state index contributed by atoms with van der Waals surface area (Å²) in [5.74, 6) is -0.329. The molecule has 1 aliphatic heterocycles. The zero-order valence-electron chi connectivity index (χ0n) is 19.6. The van der Waals surface area contributed by atoms with E-state index >= 15 is 0 Å². The van der Waals surface area contributed by atoms with E-state index in [0.717, 1.165) is 25.3 Å². The highest BCUT2D eigenvalue weighted by atomic mass is 32.2. The zero-order chi connectivity index (χ0) is 26.3. The van der Waals surface area contributed by atoms with Crippen LogP contribution in [-0.2, 0) is 13.1 Å². The first-order chi connectivity index (χ1) is 17.6. The van der Waals surface area contributed by atoms with Crippen LogP contribution in [0.25, 0.3) is 11.1 Å². The third-order valence-electron chi connectivity index (χ3n) is 5.72. The Morgan fingerprint density at radius 2 is 1.95 bits per heavy atom. The van der Waals surface area contributed by atoms with E-state index in [2.05, 4.69) is 0 Å². The Morgan fingerprint density at radius 3 is 2.70 bits per heavy atom. The van der Waals surface area contributed by atoms with E-state index in [1.807, 2.05) is 41.1 Å². The van der Waals surface area contributed by atoms with Crippen LogP contribution >= 0.6 is 46.2 Å². The van der Waals surface area contributed by atoms with Crippen LogP contribution in [0.15, 0.2) is 68.6 Å². The van der Waals surface area contributed by atoms with E-state index < -0.39 is 5.51 Å². The maximum absolute atomic E-state index is 13.8. The predicted octanol–water partition coefficient (Wildman–Crippen LogP) is 5.21. The molecule has 2 aromatic carbocycles. The van der Waals surface area contributed by atoms with Crippen molar-refractivity contribution in [2.45, 2.75) is 35.3 Å². The Labute approximate surface area is 226 Å². The van der Waals surface area contributed by atoms with Gasteiger partial charge in [-0.25, -0.2) is 4.39 Å². The molecule has 0 saturated heterocycles. The monoisotopic (exact) mass is 582 g/mol. The highest BCUT2D eigenvalue weighted by molar-refractivity contribution is 8.08. The molecule has 0 saturated carbocycles. The zero-order valence-corrected chi connectivity index (χ0v) is 22.8. The van der Waals surface area contributed by atoms with Gasteiger partial charge in [0.2, 0.25) is 0 Å². The number of nitrogens with zero attached hydrogens (tertiary/aromatic N) is 3. The molecule has 2 aromatic heterocycles. The number of thiazole rings is 2. The van der Waals surface area contributed by atoms with E-state index in [1.165, 1.54) is 52.6 Å². The molecule has 0 aliphatic carbocycles. The van der Waals surface area contributed by atoms with Gasteiger partial charge >= 0.3 is 5.51 Å². The van der Waals surface area contributed by atoms with Gasteiger partial charge in [0.05, 0.1) is 17.1 Å². The molecule has 4 nitrogen and oxygen atoms in total. The Bertz CT molecular complexity index is 1660. The molecular weight excluding hydrogens is 563 g/mol. The third-order valence-corrected chi connectivity index (χ3v) is 9.88. The first kappa shape index (κ1) is 26.1. The van der Waals surface area contributed by atoms with Gasteiger partial charge < -0.3 is 4.90 Å². The van der Waals surface area contributed by atoms with Gasteiger partial charge in [-0.2, -0.15) is 17.7 Å². The number of anilines is 1. The molecule has 3 heterocycles. The summed E-state index contributed by atoms with van der Waals surface area (Å²) < 4.78 is 57.8. The van der Waals surface area contributed by atoms with Crippen LogP contribution in [0, 0.1) is 5.82 Å². The van der Waals surface area contributed by atoms with E-state index in [1.54, 1.807) is 28.8 Å². The molecule has 5 rings (SSSR count). The largest absolute Gasteiger partial charge is 0.446 e. The fraction of sp³-hybridized carbons (Fsp3) is 0.200. The SMILES string of the molecule is CCn1c(=O)/c(=C2\Sc3cc(F)ccc3N2C)s/c1=C\c1scc[n+]1Cc1ccccc1SC(F)(F)F. The highest BCUT2D eigenvalue weighted by Crippen LogP contribution is 2.45. The van der Waals surface area contributed by atoms with Crippen LogP contribution in [0.4, 0.5) is 23.2 Å². The van der Waals surface area contributed by atoms with Crippen LogP contribution < -0.4 is 24.2 Å². The van der Waals surface area contributed by atoms with Crippen molar-refractivity contribution in [3.8, 4) is 0 Å². The summed E-state index contributed by atoms with van der Waals surface area (Å²) in [6.45, 7) is 2.61. The number of alkyl halides is 3. The number of halogens is 4. The van der Waals surface area contributed by atoms with Crippen molar-refractivity contribution >= 4 is 63.0 Å². The second-order valence-corrected chi connectivity index (χ2v) is 12.2. The summed E-state index contributed by atoms with van der Waals surface area (Å²) in [7, 11) is 1.86. The van der Waals surface area contributed by atoms with Gasteiger partial charge in [0.25, 0.3) is 10.6 Å². The van der Waals surface area contributed by atoms with E-state index in [-0.39, 0.29) is 34.6 Å². The standard InChI is InChI=1S/C25H20F4N3OS4/c1-3-32-21(36-22(23(32)33)24-30(2)17-9-8-16(26)12-19(17)35-24)13-20-31(10-11-34-20)14-15-6-4-5-7-18(15)37-25(27,28)29/h4-13H,3,14H2,1-2H3/q+1/b24-22+. The fourth-order valence-corrected chi connectivity index (χ4v) is 8.01. The number of hydrogen-bond donors (Lipinski definition) is 0. The van der Waals surface area contributed by atoms with Crippen LogP contribution in [0.2, 0.25) is 0 Å². The quantitative estimate of drug-likeness (QED) is 0.184. The Morgan fingerprint density at radius 1 is 1.16 bits per heavy atom. The van der Waals surface area contributed by atoms with E-state index in [9.17, 15) is 22.4 Å². The molecular formula is C25H20F4N3OS4+. The minimum atomic E-state index is -4.37. The smallest absolute Gasteiger partial charge is 0.337 e. The number of rotatable bonds is 5. The second kappa shape index (κ2) is 10.3. The average Bonchev–Trinajstić information content (AvgIpc) is 3.50. The number of aromatic nitrogens is 2. The summed E-state index contributed by atoms with van der Waals surface area (Å²) in [6, 6.07) is 11.1. The molecule has 37 heavy (non-hydrogen) atoms. The lowest BCUT2D eigenvalue weighted by Gasteiger charge is -2.12. The molecule has 192 valence electrons. The van der Waals surface area contributed by atoms with Crippen LogP contribution in [0.1, 0.15) is 17.5 Å². The van der Waals surface area contributed by atoms with Crippen molar-refractivity contribution in [2.24, 2.45) is 0 Å². The van der Waals surface area contributed by atoms with Gasteiger partial charge in [0, 0.05) is 28.9 Å². The van der Waals surface area contributed by atoms with Gasteiger partial charge in [0.1, 0.15) is 20.0 Å². The number of hydrogen-bond acceptors (Lipinski definition) is 6. The maximum Gasteiger partial charge on any atom is 0.446 e. The van der Waals surface area contributed by atoms with Gasteiger partial charge in [-0.1, -0.05) is 41.3 Å². The topological polar surface area (TPSA) is 29.1 Å². The normalized spacial score (nSPS) is 15.5. The molecule has 0 unspecified atom stereocenters. The van der Waals surface area contributed by atoms with Crippen LogP contribution in [0.5, 0.6) is 0 Å². The highest BCUT2D eigenvalue weighted by Gasteiger charge is 2.31. The summed E-state index contributed by atoms with van der Waals surface area (Å²) >= 11 is 4.05. The van der Waals surface area contributed by atoms with E-state index in [4.69, 9.17) is 0 Å². The van der Waals surface area contributed by atoms with Crippen molar-refractivity contribution in [1.29, 1.82) is 0 Å². The summed E-state index contributed by atoms with van der Waals surface area (Å²) in [6.07, 6.45) is 3.73. The molecule has 0 spiro atoms. The molecule has 12 heteroatoms. The predicted molar refractivity (Wildman–Crippen MR) is 143 cm³/mol. The number of benzene rings is 2. The summed E-state index contributed by atoms with van der Waals surface area (Å²) in [4.78, 5) is 16.2. The van der Waals surface area contributed by atoms with Gasteiger partial charge in [0.15, 0.2) is 12.7 Å². The molecule has 0 atom stereocenters. The fourth-order valence-electron chi connectivity index (χ4n) is 4.01. The van der Waals surface area contributed by atoms with Gasteiger partial charge in [-0.15, -0.1) is 11.3 Å². The van der Waals surface area contributed by atoms with Crippen molar-refractivity contribution in [3.63, 3.8) is 0 Å². The first-order valence-corrected chi connectivity index (χ1v) is 14.4. The molecule has 0 fully saturated rings. The lowest BCUT2D eigenvalue weighted by molar-refractivity contribution is -0.685. The molecule has 0 bridgehead atoms. The number of fused-ring (bicyclic) bond motifs is 1. The number of thioether (sulfide) groups is 2. The molecule has 0 radical (unpaired) electrons. The third kappa shape index (κ3) is 5.38. The lowest BCUT2D eigenvalue weighted by Crippen LogP contribution is -2.36.